The van der Waals surface area contributed by atoms with Gasteiger partial charge in [0, 0.05) is 0 Å². The molecule has 8 heteroatoms. The van der Waals surface area contributed by atoms with E-state index in [-0.39, 0.29) is 21.8 Å². The second-order valence-corrected chi connectivity index (χ2v) is 6.35. The number of carboxylic acids is 1. The van der Waals surface area contributed by atoms with Crippen LogP contribution in [0.25, 0.3) is 10.2 Å². The van der Waals surface area contributed by atoms with Crippen LogP contribution in [0.1, 0.15) is 31.1 Å². The number of rotatable bonds is 3. The van der Waals surface area contributed by atoms with Crippen molar-refractivity contribution in [1.29, 1.82) is 0 Å². The fourth-order valence-electron chi connectivity index (χ4n) is 2.66. The zero-order chi connectivity index (χ0) is 17.7. The number of aromatic nitrogens is 1. The van der Waals surface area contributed by atoms with Crippen LogP contribution in [0.3, 0.4) is 0 Å². The van der Waals surface area contributed by atoms with Gasteiger partial charge in [-0.05, 0) is 36.4 Å². The normalized spacial score (nSPS) is 13.4. The van der Waals surface area contributed by atoms with E-state index >= 15 is 0 Å². The topological polar surface area (TPSA) is 96.8 Å². The molecule has 7 nitrogen and oxygen atoms in total. The number of carbonyl (C=O) groups excluding carboxylic acids is 2. The van der Waals surface area contributed by atoms with Gasteiger partial charge in [-0.2, -0.15) is 0 Å². The Labute approximate surface area is 145 Å². The minimum Gasteiger partial charge on any atom is -0.497 e. The monoisotopic (exact) mass is 354 g/mol. The van der Waals surface area contributed by atoms with Gasteiger partial charge in [0.2, 0.25) is 5.13 Å². The summed E-state index contributed by atoms with van der Waals surface area (Å²) >= 11 is 1.19. The van der Waals surface area contributed by atoms with Crippen LogP contribution >= 0.6 is 11.3 Å². The summed E-state index contributed by atoms with van der Waals surface area (Å²) in [5.41, 5.74) is 0.841. The van der Waals surface area contributed by atoms with Crippen molar-refractivity contribution < 1.29 is 24.2 Å². The summed E-state index contributed by atoms with van der Waals surface area (Å²) < 4.78 is 5.94. The maximum Gasteiger partial charge on any atom is 0.335 e. The lowest BCUT2D eigenvalue weighted by Gasteiger charge is -2.08. The van der Waals surface area contributed by atoms with E-state index in [9.17, 15) is 14.4 Å². The third-order valence-corrected chi connectivity index (χ3v) is 4.91. The number of fused-ring (bicyclic) bond motifs is 2. The Kier molecular flexibility index (Phi) is 3.29. The largest absolute Gasteiger partial charge is 0.497 e. The molecule has 0 radical (unpaired) electrons. The Bertz CT molecular complexity index is 1070. The van der Waals surface area contributed by atoms with E-state index in [4.69, 9.17) is 9.84 Å². The van der Waals surface area contributed by atoms with Gasteiger partial charge in [-0.15, -0.1) is 0 Å². The summed E-state index contributed by atoms with van der Waals surface area (Å²) in [6, 6.07) is 9.14. The van der Waals surface area contributed by atoms with Gasteiger partial charge >= 0.3 is 5.97 Å². The first kappa shape index (κ1) is 15.3. The number of thiazole rings is 1. The number of anilines is 1. The number of hydrogen-bond acceptors (Lipinski definition) is 6. The summed E-state index contributed by atoms with van der Waals surface area (Å²) in [6.07, 6.45) is 0. The molecule has 3 aromatic rings. The number of carboxylic acid groups (broad SMARTS) is 1. The lowest BCUT2D eigenvalue weighted by molar-refractivity contribution is 0.0696. The number of imide groups is 1. The van der Waals surface area contributed by atoms with E-state index in [0.717, 1.165) is 9.60 Å². The maximum atomic E-state index is 12.6. The molecule has 1 aromatic heterocycles. The second-order valence-electron chi connectivity index (χ2n) is 5.34. The second kappa shape index (κ2) is 5.38. The molecule has 0 bridgehead atoms. The molecular formula is C17H10N2O5S. The molecular weight excluding hydrogens is 344 g/mol. The number of benzene rings is 2. The quantitative estimate of drug-likeness (QED) is 0.727. The summed E-state index contributed by atoms with van der Waals surface area (Å²) in [4.78, 5) is 41.6. The molecule has 1 N–H and O–H groups in total. The van der Waals surface area contributed by atoms with Crippen molar-refractivity contribution >= 4 is 44.5 Å². The van der Waals surface area contributed by atoms with Crippen LogP contribution in [-0.2, 0) is 0 Å². The van der Waals surface area contributed by atoms with Crippen LogP contribution in [0.5, 0.6) is 5.75 Å². The van der Waals surface area contributed by atoms with Gasteiger partial charge in [-0.1, -0.05) is 11.3 Å². The minimum atomic E-state index is -1.16. The van der Waals surface area contributed by atoms with Gasteiger partial charge in [-0.3, -0.25) is 9.59 Å². The molecule has 0 unspecified atom stereocenters. The number of hydrogen-bond donors (Lipinski definition) is 1. The molecule has 0 aliphatic carbocycles. The fourth-order valence-corrected chi connectivity index (χ4v) is 3.65. The molecule has 2 aromatic carbocycles. The summed E-state index contributed by atoms with van der Waals surface area (Å²) in [5.74, 6) is -1.60. The van der Waals surface area contributed by atoms with Crippen molar-refractivity contribution in [2.24, 2.45) is 0 Å². The molecule has 0 fully saturated rings. The minimum absolute atomic E-state index is 0.0456. The molecule has 1 aliphatic rings. The average molecular weight is 354 g/mol. The number of nitrogens with zero attached hydrogens (tertiary/aromatic N) is 2. The van der Waals surface area contributed by atoms with Gasteiger partial charge in [0.15, 0.2) is 0 Å². The predicted octanol–water partition coefficient (Wildman–Crippen LogP) is 2.80. The van der Waals surface area contributed by atoms with Crippen LogP contribution in [-0.4, -0.2) is 35.0 Å². The number of aromatic carboxylic acids is 1. The zero-order valence-electron chi connectivity index (χ0n) is 12.8. The molecule has 25 heavy (non-hydrogen) atoms. The van der Waals surface area contributed by atoms with Crippen LogP contribution < -0.4 is 9.64 Å². The Morgan fingerprint density at radius 2 is 1.88 bits per heavy atom. The van der Waals surface area contributed by atoms with Crippen molar-refractivity contribution in [3.05, 3.63) is 53.1 Å². The number of ether oxygens (including phenoxy) is 1. The van der Waals surface area contributed by atoms with E-state index in [1.54, 1.807) is 25.3 Å². The summed E-state index contributed by atoms with van der Waals surface area (Å²) in [5, 5.41) is 9.31. The Morgan fingerprint density at radius 3 is 2.60 bits per heavy atom. The van der Waals surface area contributed by atoms with E-state index in [1.807, 2.05) is 0 Å². The molecule has 0 saturated heterocycles. The molecule has 1 aliphatic heterocycles. The molecule has 0 saturated carbocycles. The number of methoxy groups -OCH3 is 1. The van der Waals surface area contributed by atoms with E-state index in [2.05, 4.69) is 4.98 Å². The molecule has 0 spiro atoms. The smallest absolute Gasteiger partial charge is 0.335 e. The lowest BCUT2D eigenvalue weighted by atomic mass is 10.1. The first-order valence-electron chi connectivity index (χ1n) is 7.20. The van der Waals surface area contributed by atoms with Crippen molar-refractivity contribution in [2.75, 3.05) is 12.0 Å². The summed E-state index contributed by atoms with van der Waals surface area (Å²) in [6.45, 7) is 0. The van der Waals surface area contributed by atoms with Gasteiger partial charge in [0.1, 0.15) is 5.75 Å². The first-order valence-corrected chi connectivity index (χ1v) is 8.02. The lowest BCUT2D eigenvalue weighted by Crippen LogP contribution is -2.29. The van der Waals surface area contributed by atoms with E-state index < -0.39 is 17.8 Å². The van der Waals surface area contributed by atoms with Crippen molar-refractivity contribution in [1.82, 2.24) is 4.98 Å². The molecule has 4 rings (SSSR count). The van der Waals surface area contributed by atoms with Crippen LogP contribution in [0.2, 0.25) is 0 Å². The Hall–Kier alpha value is -3.26. The predicted molar refractivity (Wildman–Crippen MR) is 90.7 cm³/mol. The maximum absolute atomic E-state index is 12.6. The standard InChI is InChI=1S/C17H10N2O5S/c1-24-9-3-5-12-13(7-9)25-17(18-12)19-14(20)10-4-2-8(16(22)23)6-11(10)15(19)21/h2-7H,1H3,(H,22,23). The third-order valence-electron chi connectivity index (χ3n) is 3.91. The highest BCUT2D eigenvalue weighted by Crippen LogP contribution is 2.35. The van der Waals surface area contributed by atoms with E-state index in [0.29, 0.717) is 11.3 Å². The SMILES string of the molecule is COc1ccc2nc(N3C(=O)c4ccc(C(=O)O)cc4C3=O)sc2c1. The van der Waals surface area contributed by atoms with Gasteiger partial charge in [-0.25, -0.2) is 14.7 Å². The molecule has 2 amide bonds. The highest BCUT2D eigenvalue weighted by atomic mass is 32.1. The van der Waals surface area contributed by atoms with E-state index in [1.165, 1.54) is 29.5 Å². The van der Waals surface area contributed by atoms with Crippen molar-refractivity contribution in [3.8, 4) is 5.75 Å². The van der Waals surface area contributed by atoms with Gasteiger partial charge < -0.3 is 9.84 Å². The fraction of sp³-hybridized carbons (Fsp3) is 0.0588. The average Bonchev–Trinajstić information content (AvgIpc) is 3.12. The zero-order valence-corrected chi connectivity index (χ0v) is 13.7. The Morgan fingerprint density at radius 1 is 1.12 bits per heavy atom. The molecule has 0 atom stereocenters. The van der Waals surface area contributed by atoms with Gasteiger partial charge in [0.25, 0.3) is 11.8 Å². The highest BCUT2D eigenvalue weighted by Gasteiger charge is 2.39. The van der Waals surface area contributed by atoms with Gasteiger partial charge in [0.05, 0.1) is 34.0 Å². The number of amides is 2. The first-order chi connectivity index (χ1) is 12.0. The summed E-state index contributed by atoms with van der Waals surface area (Å²) in [7, 11) is 1.55. The Balaban J connectivity index is 1.80. The van der Waals surface area contributed by atoms with Crippen molar-refractivity contribution in [2.45, 2.75) is 0 Å². The van der Waals surface area contributed by atoms with Crippen molar-refractivity contribution in [3.63, 3.8) is 0 Å². The number of carbonyl (C=O) groups is 3. The van der Waals surface area contributed by atoms with Crippen LogP contribution in [0.4, 0.5) is 5.13 Å². The highest BCUT2D eigenvalue weighted by molar-refractivity contribution is 7.22. The van der Waals surface area contributed by atoms with Crippen LogP contribution in [0, 0.1) is 0 Å². The molecule has 124 valence electrons. The third kappa shape index (κ3) is 2.26. The van der Waals surface area contributed by atoms with Crippen LogP contribution in [0.15, 0.2) is 36.4 Å². The molecule has 2 heterocycles.